The van der Waals surface area contributed by atoms with E-state index in [1.807, 2.05) is 18.2 Å². The second-order valence-electron chi connectivity index (χ2n) is 5.85. The lowest BCUT2D eigenvalue weighted by molar-refractivity contribution is 0.0600. The van der Waals surface area contributed by atoms with Crippen molar-refractivity contribution in [2.75, 3.05) is 19.6 Å². The summed E-state index contributed by atoms with van der Waals surface area (Å²) in [4.78, 5) is 14.4. The summed E-state index contributed by atoms with van der Waals surface area (Å²) in [5, 5.41) is 8.98. The van der Waals surface area contributed by atoms with Crippen molar-refractivity contribution in [3.8, 4) is 0 Å². The zero-order valence-electron chi connectivity index (χ0n) is 13.9. The highest BCUT2D eigenvalue weighted by atomic mass is 35.5. The van der Waals surface area contributed by atoms with Crippen LogP contribution in [0.25, 0.3) is 0 Å². The van der Waals surface area contributed by atoms with Gasteiger partial charge >= 0.3 is 0 Å². The standard InChI is InChI=1S/C16H18ClN3O4S.ClH/c1-10-15(25(18,22)23)8-14(24-10)16(21)20-6-5-19-9-13(20)11-3-2-4-12(17)7-11;/h2-4,7-8,13,19H,5-6,9H2,1H3,(H2,18,22,23);1H. The first kappa shape index (κ1) is 20.7. The molecule has 1 aliphatic rings. The van der Waals surface area contributed by atoms with E-state index in [2.05, 4.69) is 5.32 Å². The van der Waals surface area contributed by atoms with Crippen molar-refractivity contribution in [3.05, 3.63) is 52.4 Å². The first-order valence-corrected chi connectivity index (χ1v) is 9.60. The minimum absolute atomic E-state index is 0. The number of hydrogen-bond acceptors (Lipinski definition) is 5. The number of nitrogens with one attached hydrogen (secondary N) is 1. The summed E-state index contributed by atoms with van der Waals surface area (Å²) in [7, 11) is -3.94. The predicted octanol–water partition coefficient (Wildman–Crippen LogP) is 2.10. The van der Waals surface area contributed by atoms with Crippen LogP contribution in [0.2, 0.25) is 5.02 Å². The summed E-state index contributed by atoms with van der Waals surface area (Å²) in [6.07, 6.45) is 0. The Hall–Kier alpha value is -1.58. The number of rotatable bonds is 3. The second-order valence-corrected chi connectivity index (χ2v) is 7.82. The molecule has 7 nitrogen and oxygen atoms in total. The number of nitrogens with two attached hydrogens (primary N) is 1. The van der Waals surface area contributed by atoms with Crippen molar-refractivity contribution in [3.63, 3.8) is 0 Å². The predicted molar refractivity (Wildman–Crippen MR) is 100 cm³/mol. The van der Waals surface area contributed by atoms with Gasteiger partial charge in [0.15, 0.2) is 5.76 Å². The Balaban J connectivity index is 0.00000243. The molecule has 3 N–H and O–H groups in total. The van der Waals surface area contributed by atoms with Gasteiger partial charge in [-0.2, -0.15) is 0 Å². The van der Waals surface area contributed by atoms with E-state index in [-0.39, 0.29) is 40.8 Å². The zero-order chi connectivity index (χ0) is 18.2. The van der Waals surface area contributed by atoms with Crippen LogP contribution in [-0.4, -0.2) is 38.9 Å². The molecule has 1 unspecified atom stereocenters. The number of halogens is 2. The van der Waals surface area contributed by atoms with E-state index in [4.69, 9.17) is 21.2 Å². The molecule has 1 atom stereocenters. The van der Waals surface area contributed by atoms with Crippen molar-refractivity contribution < 1.29 is 17.6 Å². The summed E-state index contributed by atoms with van der Waals surface area (Å²) in [6.45, 7) is 3.11. The molecule has 2 heterocycles. The maximum absolute atomic E-state index is 12.9. The SMILES string of the molecule is Cc1oc(C(=O)N2CCNCC2c2cccc(Cl)c2)cc1S(N)(=O)=O.Cl. The van der Waals surface area contributed by atoms with Crippen LogP contribution in [0.15, 0.2) is 39.6 Å². The molecule has 26 heavy (non-hydrogen) atoms. The average molecular weight is 420 g/mol. The van der Waals surface area contributed by atoms with Crippen LogP contribution >= 0.6 is 24.0 Å². The Bertz CT molecular complexity index is 914. The van der Waals surface area contributed by atoms with E-state index in [9.17, 15) is 13.2 Å². The fourth-order valence-electron chi connectivity index (χ4n) is 2.95. The number of furan rings is 1. The Kier molecular flexibility index (Phi) is 6.36. The largest absolute Gasteiger partial charge is 0.455 e. The molecule has 1 aliphatic heterocycles. The first-order chi connectivity index (χ1) is 11.8. The monoisotopic (exact) mass is 419 g/mol. The maximum atomic E-state index is 12.9. The van der Waals surface area contributed by atoms with Crippen molar-refractivity contribution in [2.24, 2.45) is 5.14 Å². The van der Waals surface area contributed by atoms with Crippen LogP contribution in [0.4, 0.5) is 0 Å². The van der Waals surface area contributed by atoms with Crippen molar-refractivity contribution in [2.45, 2.75) is 17.9 Å². The number of amides is 1. The fourth-order valence-corrected chi connectivity index (χ4v) is 3.87. The molecule has 0 spiro atoms. The summed E-state index contributed by atoms with van der Waals surface area (Å²) in [5.41, 5.74) is 0.892. The van der Waals surface area contributed by atoms with Gasteiger partial charge in [0.2, 0.25) is 10.0 Å². The molecule has 1 fully saturated rings. The van der Waals surface area contributed by atoms with E-state index >= 15 is 0 Å². The van der Waals surface area contributed by atoms with Crippen LogP contribution in [0.3, 0.4) is 0 Å². The lowest BCUT2D eigenvalue weighted by Crippen LogP contribution is -2.48. The minimum Gasteiger partial charge on any atom is -0.455 e. The summed E-state index contributed by atoms with van der Waals surface area (Å²) in [6, 6.07) is 8.25. The third-order valence-electron chi connectivity index (χ3n) is 4.13. The van der Waals surface area contributed by atoms with Gasteiger partial charge in [-0.05, 0) is 24.6 Å². The number of primary sulfonamides is 1. The molecular formula is C16H19Cl2N3O4S. The van der Waals surface area contributed by atoms with Crippen molar-refractivity contribution in [1.82, 2.24) is 10.2 Å². The number of aryl methyl sites for hydroxylation is 1. The Morgan fingerprint density at radius 3 is 2.73 bits per heavy atom. The molecule has 142 valence electrons. The number of piperazine rings is 1. The highest BCUT2D eigenvalue weighted by Crippen LogP contribution is 2.28. The Morgan fingerprint density at radius 2 is 2.12 bits per heavy atom. The van der Waals surface area contributed by atoms with Gasteiger partial charge in [0.25, 0.3) is 5.91 Å². The summed E-state index contributed by atoms with van der Waals surface area (Å²) in [5.74, 6) is -0.333. The van der Waals surface area contributed by atoms with Crippen LogP contribution in [0, 0.1) is 6.92 Å². The van der Waals surface area contributed by atoms with Gasteiger partial charge in [0.1, 0.15) is 10.7 Å². The molecule has 0 radical (unpaired) electrons. The quantitative estimate of drug-likeness (QED) is 0.791. The lowest BCUT2D eigenvalue weighted by Gasteiger charge is -2.36. The Labute approximate surface area is 162 Å². The normalized spacial score (nSPS) is 17.7. The summed E-state index contributed by atoms with van der Waals surface area (Å²) < 4.78 is 28.5. The lowest BCUT2D eigenvalue weighted by atomic mass is 10.0. The highest BCUT2D eigenvalue weighted by Gasteiger charge is 2.31. The molecule has 0 saturated carbocycles. The molecule has 1 amide bonds. The van der Waals surface area contributed by atoms with E-state index in [0.717, 1.165) is 5.56 Å². The van der Waals surface area contributed by atoms with Crippen LogP contribution in [0.5, 0.6) is 0 Å². The minimum atomic E-state index is -3.94. The summed E-state index contributed by atoms with van der Waals surface area (Å²) >= 11 is 6.06. The van der Waals surface area contributed by atoms with E-state index in [1.165, 1.54) is 13.0 Å². The number of carbonyl (C=O) groups excluding carboxylic acids is 1. The molecule has 2 aromatic rings. The topological polar surface area (TPSA) is 106 Å². The van der Waals surface area contributed by atoms with Crippen molar-refractivity contribution >= 4 is 39.9 Å². The van der Waals surface area contributed by atoms with Gasteiger partial charge < -0.3 is 14.6 Å². The van der Waals surface area contributed by atoms with Gasteiger partial charge in [0.05, 0.1) is 6.04 Å². The van der Waals surface area contributed by atoms with Gasteiger partial charge in [0, 0.05) is 30.7 Å². The number of carbonyl (C=O) groups is 1. The van der Waals surface area contributed by atoms with E-state index < -0.39 is 10.0 Å². The molecule has 1 aromatic carbocycles. The van der Waals surface area contributed by atoms with Gasteiger partial charge in [-0.1, -0.05) is 23.7 Å². The molecule has 0 bridgehead atoms. The zero-order valence-corrected chi connectivity index (χ0v) is 16.3. The second kappa shape index (κ2) is 7.98. The van der Waals surface area contributed by atoms with Gasteiger partial charge in [-0.25, -0.2) is 13.6 Å². The average Bonchev–Trinajstić information content (AvgIpc) is 2.96. The van der Waals surface area contributed by atoms with Crippen LogP contribution in [0.1, 0.15) is 27.9 Å². The first-order valence-electron chi connectivity index (χ1n) is 7.68. The molecule has 1 aromatic heterocycles. The van der Waals surface area contributed by atoms with E-state index in [0.29, 0.717) is 24.7 Å². The third kappa shape index (κ3) is 4.21. The number of nitrogens with zero attached hydrogens (tertiary/aromatic N) is 1. The van der Waals surface area contributed by atoms with Crippen molar-refractivity contribution in [1.29, 1.82) is 0 Å². The third-order valence-corrected chi connectivity index (χ3v) is 5.38. The number of sulfonamides is 1. The van der Waals surface area contributed by atoms with Gasteiger partial charge in [-0.3, -0.25) is 4.79 Å². The molecule has 10 heteroatoms. The van der Waals surface area contributed by atoms with Crippen LogP contribution in [-0.2, 0) is 10.0 Å². The van der Waals surface area contributed by atoms with E-state index in [1.54, 1.807) is 11.0 Å². The molecular weight excluding hydrogens is 401 g/mol. The highest BCUT2D eigenvalue weighted by molar-refractivity contribution is 7.89. The smallest absolute Gasteiger partial charge is 0.290 e. The molecule has 1 saturated heterocycles. The number of benzene rings is 1. The van der Waals surface area contributed by atoms with Gasteiger partial charge in [-0.15, -0.1) is 12.4 Å². The Morgan fingerprint density at radius 1 is 1.38 bits per heavy atom. The van der Waals surface area contributed by atoms with Crippen LogP contribution < -0.4 is 10.5 Å². The number of hydrogen-bond donors (Lipinski definition) is 2. The fraction of sp³-hybridized carbons (Fsp3) is 0.312. The molecule has 3 rings (SSSR count). The maximum Gasteiger partial charge on any atom is 0.290 e. The molecule has 0 aliphatic carbocycles.